The maximum atomic E-state index is 13.0. The van der Waals surface area contributed by atoms with E-state index in [0.717, 1.165) is 38.5 Å². The van der Waals surface area contributed by atoms with Crippen LogP contribution in [0.25, 0.3) is 0 Å². The third kappa shape index (κ3) is 34.9. The Kier molecular flexibility index (Phi) is 39.5. The molecule has 2 atom stereocenters. The van der Waals surface area contributed by atoms with E-state index in [9.17, 15) is 68.4 Å². The number of nitrogens with zero attached hydrogens (tertiary/aromatic N) is 5. The van der Waals surface area contributed by atoms with Gasteiger partial charge in [-0.25, -0.2) is 24.8 Å². The Hall–Kier alpha value is -5.77. The number of amides is 7. The molecule has 2 aliphatic rings. The average molecular weight is 1200 g/mol. The molecule has 1 heterocycles. The molecule has 26 heteroatoms. The number of Topliss-reactive ketones (excluding diaryl/α,β-unsaturated/α-hetero) is 3. The molecule has 0 aromatic carbocycles. The molecule has 0 saturated carbocycles. The van der Waals surface area contributed by atoms with Gasteiger partial charge in [-0.3, -0.25) is 58.8 Å². The molecular formula is C58H96N6O20. The summed E-state index contributed by atoms with van der Waals surface area (Å²) < 4.78 is 27.7. The molecule has 26 nitrogen and oxygen atoms in total. The number of likely N-dealkylation sites (N-methyl/N-ethyl adjacent to an activating group) is 1. The summed E-state index contributed by atoms with van der Waals surface area (Å²) in [7, 11) is 1.47. The normalized spacial score (nSPS) is 16.3. The molecule has 1 saturated heterocycles. The molecule has 1 aliphatic carbocycles. The second-order valence-electron chi connectivity index (χ2n) is 21.5. The van der Waals surface area contributed by atoms with Crippen LogP contribution in [0.5, 0.6) is 0 Å². The molecule has 1 fully saturated rings. The quantitative estimate of drug-likeness (QED) is 0.0180. The zero-order chi connectivity index (χ0) is 62.0. The van der Waals surface area contributed by atoms with Gasteiger partial charge >= 0.3 is 12.1 Å². The highest BCUT2D eigenvalue weighted by Crippen LogP contribution is 2.35. The molecule has 0 bridgehead atoms. The number of rotatable bonds is 48. The largest absolute Gasteiger partial charge is 0.442 e. The standard InChI is InChI=1S/C58H96N6O20/c1-46(65)61(76)34-15-8-6-11-19-47(66)23-25-52(70)62(77)36-17-9-14-33-59-51(69)24-26-53(71)63(78)35-16-7-4-5-10-20-48(67)30-38-80-40-42-82-44-43-81-41-39-79-37-18-21-49(68)45-60(3)57(75)83-50-22-12-13-31-58(2,32-29-50)56(74)84-64-54(72)27-28-55(64)73/h12,22,50,76-78H,4-11,13-21,23-45H2,1-3H3,(H,59,69)/b22-12+/t50-,58+/m1/s1. The minimum atomic E-state index is -1.00. The number of hydroxylamine groups is 8. The van der Waals surface area contributed by atoms with Crippen molar-refractivity contribution < 1.29 is 96.9 Å². The van der Waals surface area contributed by atoms with Crippen molar-refractivity contribution in [3.8, 4) is 0 Å². The molecule has 7 amide bonds. The number of ketones is 3. The first-order valence-electron chi connectivity index (χ1n) is 30.0. The Balaban J connectivity index is 1.33. The van der Waals surface area contributed by atoms with Gasteiger partial charge in [0, 0.05) is 111 Å². The van der Waals surface area contributed by atoms with Crippen molar-refractivity contribution in [2.24, 2.45) is 5.41 Å². The fourth-order valence-corrected chi connectivity index (χ4v) is 8.74. The van der Waals surface area contributed by atoms with Crippen LogP contribution in [0, 0.1) is 5.41 Å². The number of unbranched alkanes of at least 4 members (excludes halogenated alkanes) is 9. The summed E-state index contributed by atoms with van der Waals surface area (Å²) in [6, 6.07) is 0. The number of carbonyl (C=O) groups excluding carboxylic acids is 11. The van der Waals surface area contributed by atoms with E-state index in [1.54, 1.807) is 19.1 Å². The van der Waals surface area contributed by atoms with Gasteiger partial charge in [-0.05, 0) is 90.0 Å². The van der Waals surface area contributed by atoms with Gasteiger partial charge in [-0.1, -0.05) is 38.2 Å². The zero-order valence-electron chi connectivity index (χ0n) is 50.0. The van der Waals surface area contributed by atoms with E-state index in [1.807, 2.05) is 0 Å². The minimum absolute atomic E-state index is 0.00110. The minimum Gasteiger partial charge on any atom is -0.442 e. The first kappa shape index (κ1) is 74.3. The van der Waals surface area contributed by atoms with Crippen molar-refractivity contribution in [1.82, 2.24) is 30.5 Å². The smallest absolute Gasteiger partial charge is 0.410 e. The van der Waals surface area contributed by atoms with Gasteiger partial charge in [0.05, 0.1) is 58.2 Å². The molecule has 0 radical (unpaired) electrons. The van der Waals surface area contributed by atoms with Crippen molar-refractivity contribution >= 4 is 64.9 Å². The van der Waals surface area contributed by atoms with Crippen LogP contribution in [0.15, 0.2) is 12.2 Å². The summed E-state index contributed by atoms with van der Waals surface area (Å²) in [6.07, 6.45) is 13.4. The highest BCUT2D eigenvalue weighted by molar-refractivity contribution is 6.01. The molecule has 4 N–H and O–H groups in total. The summed E-state index contributed by atoms with van der Waals surface area (Å²) in [5.74, 6) is -3.74. The molecule has 0 aromatic rings. The molecule has 2 rings (SSSR count). The first-order valence-corrected chi connectivity index (χ1v) is 30.0. The lowest BCUT2D eigenvalue weighted by molar-refractivity contribution is -0.205. The van der Waals surface area contributed by atoms with E-state index in [1.165, 1.54) is 18.9 Å². The lowest BCUT2D eigenvalue weighted by Gasteiger charge is -2.31. The Morgan fingerprint density at radius 1 is 0.571 bits per heavy atom. The van der Waals surface area contributed by atoms with E-state index in [0.29, 0.717) is 163 Å². The maximum absolute atomic E-state index is 13.0. The van der Waals surface area contributed by atoms with E-state index >= 15 is 0 Å². The van der Waals surface area contributed by atoms with Gasteiger partial charge in [0.25, 0.3) is 11.8 Å². The van der Waals surface area contributed by atoms with Crippen molar-refractivity contribution in [2.45, 2.75) is 193 Å². The van der Waals surface area contributed by atoms with Crippen LogP contribution in [0.2, 0.25) is 0 Å². The number of hydrogen-bond donors (Lipinski definition) is 4. The summed E-state index contributed by atoms with van der Waals surface area (Å²) in [6.45, 7) is 6.38. The fraction of sp³-hybridized carbons (Fsp3) is 0.776. The zero-order valence-corrected chi connectivity index (χ0v) is 50.0. The van der Waals surface area contributed by atoms with Crippen molar-refractivity contribution in [3.63, 3.8) is 0 Å². The molecule has 0 spiro atoms. The van der Waals surface area contributed by atoms with E-state index in [4.69, 9.17) is 28.5 Å². The van der Waals surface area contributed by atoms with Crippen LogP contribution in [0.3, 0.4) is 0 Å². The average Bonchev–Trinajstić information content (AvgIpc) is 4.02. The molecule has 478 valence electrons. The highest BCUT2D eigenvalue weighted by atomic mass is 16.7. The van der Waals surface area contributed by atoms with Gasteiger partial charge in [-0.15, -0.1) is 5.06 Å². The Bertz CT molecular complexity index is 2060. The second-order valence-corrected chi connectivity index (χ2v) is 21.5. The maximum Gasteiger partial charge on any atom is 0.410 e. The molecule has 84 heavy (non-hydrogen) atoms. The Morgan fingerprint density at radius 2 is 1.06 bits per heavy atom. The van der Waals surface area contributed by atoms with E-state index in [-0.39, 0.29) is 101 Å². The lowest BCUT2D eigenvalue weighted by atomic mass is 9.79. The van der Waals surface area contributed by atoms with Crippen LogP contribution in [-0.2, 0) is 76.5 Å². The molecule has 0 unspecified atom stereocenters. The van der Waals surface area contributed by atoms with Gasteiger partial charge in [0.1, 0.15) is 17.7 Å². The van der Waals surface area contributed by atoms with Crippen LogP contribution < -0.4 is 5.32 Å². The van der Waals surface area contributed by atoms with Crippen LogP contribution in [-0.4, -0.2) is 204 Å². The van der Waals surface area contributed by atoms with Crippen LogP contribution >= 0.6 is 0 Å². The van der Waals surface area contributed by atoms with Crippen molar-refractivity contribution in [3.05, 3.63) is 12.2 Å². The number of allylic oxidation sites excluding steroid dienone is 1. The third-order valence-corrected chi connectivity index (χ3v) is 14.1. The number of carbonyl (C=O) groups is 11. The predicted molar refractivity (Wildman–Crippen MR) is 300 cm³/mol. The number of nitrogens with one attached hydrogen (secondary N) is 1. The third-order valence-electron chi connectivity index (χ3n) is 14.1. The summed E-state index contributed by atoms with van der Waals surface area (Å²) in [4.78, 5) is 141. The van der Waals surface area contributed by atoms with Gasteiger partial charge in [0.2, 0.25) is 23.6 Å². The van der Waals surface area contributed by atoms with Crippen molar-refractivity contribution in [2.75, 3.05) is 92.6 Å². The number of imide groups is 1. The number of hydrogen-bond acceptors (Lipinski definition) is 20. The van der Waals surface area contributed by atoms with Crippen molar-refractivity contribution in [1.29, 1.82) is 0 Å². The highest BCUT2D eigenvalue weighted by Gasteiger charge is 2.41. The van der Waals surface area contributed by atoms with E-state index in [2.05, 4.69) is 5.32 Å². The summed E-state index contributed by atoms with van der Waals surface area (Å²) in [5, 5.41) is 34.6. The topological polar surface area (TPSA) is 332 Å². The SMILES string of the molecule is CC(=O)N(O)CCCCCCC(=O)CCC(=O)N(O)CCCCCNC(=O)CCC(=O)N(O)CCCCCCCC(=O)CCOCCOCCOCCOCCCC(=O)CN(C)C(=O)O[C@@H]1/C=C/CC[C@](C)(C(=O)ON2C(=O)CCC2=O)CC1. The molecule has 1 aliphatic heterocycles. The number of ether oxygens (including phenoxy) is 5. The Morgan fingerprint density at radius 3 is 1.64 bits per heavy atom. The van der Waals surface area contributed by atoms with Crippen LogP contribution in [0.1, 0.15) is 187 Å². The van der Waals surface area contributed by atoms with Gasteiger partial charge in [-0.2, -0.15) is 0 Å². The van der Waals surface area contributed by atoms with Crippen LogP contribution in [0.4, 0.5) is 4.79 Å². The van der Waals surface area contributed by atoms with E-state index < -0.39 is 53.1 Å². The summed E-state index contributed by atoms with van der Waals surface area (Å²) >= 11 is 0. The van der Waals surface area contributed by atoms with Gasteiger partial charge < -0.3 is 38.7 Å². The molecular weight excluding hydrogens is 1100 g/mol. The summed E-state index contributed by atoms with van der Waals surface area (Å²) in [5.41, 5.74) is -1.00. The first-order chi connectivity index (χ1) is 40.2. The monoisotopic (exact) mass is 1200 g/mol. The fourth-order valence-electron chi connectivity index (χ4n) is 8.74. The predicted octanol–water partition coefficient (Wildman–Crippen LogP) is 5.92. The lowest BCUT2D eigenvalue weighted by Crippen LogP contribution is -2.40. The second kappa shape index (κ2) is 44.7. The molecule has 0 aromatic heterocycles. The van der Waals surface area contributed by atoms with Gasteiger partial charge in [0.15, 0.2) is 5.78 Å². The Labute approximate surface area is 494 Å².